The number of hydrogen-bond acceptors (Lipinski definition) is 2. The molecule has 1 fully saturated rings. The maximum atomic E-state index is 10.9. The molecule has 0 spiro atoms. The van der Waals surface area contributed by atoms with Crippen LogP contribution < -0.4 is 0 Å². The summed E-state index contributed by atoms with van der Waals surface area (Å²) in [7, 11) is 0. The molecule has 0 N–H and O–H groups in total. The molecule has 0 aliphatic carbocycles. The summed E-state index contributed by atoms with van der Waals surface area (Å²) in [6.45, 7) is 3.64. The Morgan fingerprint density at radius 2 is 2.33 bits per heavy atom. The molecule has 1 atom stereocenters. The number of halogens is 1. The van der Waals surface area contributed by atoms with Gasteiger partial charge in [-0.15, -0.1) is 0 Å². The molecule has 0 bridgehead atoms. The van der Waals surface area contributed by atoms with Crippen molar-refractivity contribution in [3.63, 3.8) is 0 Å². The summed E-state index contributed by atoms with van der Waals surface area (Å²) in [5.74, 6) is -0.200. The van der Waals surface area contributed by atoms with Crippen molar-refractivity contribution in [2.45, 2.75) is 31.8 Å². The number of hydrogen-bond donors (Lipinski definition) is 0. The van der Waals surface area contributed by atoms with Gasteiger partial charge in [-0.2, -0.15) is 0 Å². The molecule has 0 radical (unpaired) electrons. The van der Waals surface area contributed by atoms with E-state index in [0.717, 1.165) is 19.3 Å². The Labute approximate surface area is 86.5 Å². The second kappa shape index (κ2) is 4.84. The van der Waals surface area contributed by atoms with Crippen LogP contribution in [0.15, 0.2) is 12.2 Å². The summed E-state index contributed by atoms with van der Waals surface area (Å²) in [5, 5.41) is 0. The highest BCUT2D eigenvalue weighted by atomic mass is 127. The van der Waals surface area contributed by atoms with E-state index in [1.165, 1.54) is 10.8 Å². The number of carbonyl (C=O) groups is 1. The highest BCUT2D eigenvalue weighted by Crippen LogP contribution is 2.22. The number of unbranched alkanes of at least 4 members (excludes halogenated alkanes) is 1. The van der Waals surface area contributed by atoms with Crippen LogP contribution in [0.1, 0.15) is 25.7 Å². The van der Waals surface area contributed by atoms with Crippen molar-refractivity contribution in [3.05, 3.63) is 12.2 Å². The smallest absolute Gasteiger partial charge is 0.333 e. The number of cyclic esters (lactones) is 1. The molecule has 1 unspecified atom stereocenters. The predicted molar refractivity (Wildman–Crippen MR) is 56.4 cm³/mol. The van der Waals surface area contributed by atoms with Crippen molar-refractivity contribution >= 4 is 28.6 Å². The van der Waals surface area contributed by atoms with Crippen LogP contribution in [0.4, 0.5) is 0 Å². The van der Waals surface area contributed by atoms with Crippen LogP contribution in [-0.4, -0.2) is 16.5 Å². The Kier molecular flexibility index (Phi) is 4.05. The molecule has 0 aromatic carbocycles. The molecule has 1 aliphatic rings. The van der Waals surface area contributed by atoms with E-state index in [9.17, 15) is 4.79 Å². The topological polar surface area (TPSA) is 26.3 Å². The standard InChI is InChI=1S/C9H13IO2/c1-7-6-8(12-9(7)11)4-2-3-5-10/h8H,1-6H2. The Morgan fingerprint density at radius 3 is 2.83 bits per heavy atom. The van der Waals surface area contributed by atoms with Crippen LogP contribution in [-0.2, 0) is 9.53 Å². The number of alkyl halides is 1. The molecule has 1 heterocycles. The van der Waals surface area contributed by atoms with Crippen LogP contribution in [0.5, 0.6) is 0 Å². The van der Waals surface area contributed by atoms with Gasteiger partial charge in [-0.05, 0) is 23.7 Å². The Morgan fingerprint density at radius 1 is 1.58 bits per heavy atom. The van der Waals surface area contributed by atoms with Gasteiger partial charge in [0.2, 0.25) is 0 Å². The fraction of sp³-hybridized carbons (Fsp3) is 0.667. The first kappa shape index (κ1) is 10.0. The Balaban J connectivity index is 2.19. The van der Waals surface area contributed by atoms with Crippen molar-refractivity contribution < 1.29 is 9.53 Å². The van der Waals surface area contributed by atoms with E-state index in [1.54, 1.807) is 0 Å². The largest absolute Gasteiger partial charge is 0.459 e. The van der Waals surface area contributed by atoms with Gasteiger partial charge in [0.1, 0.15) is 6.10 Å². The average Bonchev–Trinajstić information content (AvgIpc) is 2.32. The van der Waals surface area contributed by atoms with Crippen LogP contribution in [0.2, 0.25) is 0 Å². The molecule has 0 aromatic rings. The van der Waals surface area contributed by atoms with Crippen molar-refractivity contribution in [3.8, 4) is 0 Å². The van der Waals surface area contributed by atoms with Gasteiger partial charge in [-0.1, -0.05) is 29.2 Å². The van der Waals surface area contributed by atoms with E-state index in [-0.39, 0.29) is 12.1 Å². The first-order valence-corrected chi connectivity index (χ1v) is 5.71. The molecule has 0 amide bonds. The Bertz CT molecular complexity index is 173. The monoisotopic (exact) mass is 280 g/mol. The molecule has 12 heavy (non-hydrogen) atoms. The van der Waals surface area contributed by atoms with E-state index in [2.05, 4.69) is 29.2 Å². The van der Waals surface area contributed by atoms with Crippen LogP contribution in [0.3, 0.4) is 0 Å². The van der Waals surface area contributed by atoms with Gasteiger partial charge in [0.15, 0.2) is 0 Å². The van der Waals surface area contributed by atoms with Crippen LogP contribution in [0.25, 0.3) is 0 Å². The minimum Gasteiger partial charge on any atom is -0.459 e. The fourth-order valence-corrected chi connectivity index (χ4v) is 1.80. The molecule has 0 saturated carbocycles. The minimum absolute atomic E-state index is 0.118. The second-order valence-electron chi connectivity index (χ2n) is 3.02. The van der Waals surface area contributed by atoms with Crippen LogP contribution in [0, 0.1) is 0 Å². The lowest BCUT2D eigenvalue weighted by molar-refractivity contribution is -0.139. The first-order chi connectivity index (χ1) is 5.74. The first-order valence-electron chi connectivity index (χ1n) is 4.18. The summed E-state index contributed by atoms with van der Waals surface area (Å²) in [6.07, 6.45) is 4.20. The van der Waals surface area contributed by atoms with Crippen molar-refractivity contribution in [1.82, 2.24) is 0 Å². The minimum atomic E-state index is -0.200. The summed E-state index contributed by atoms with van der Waals surface area (Å²) >= 11 is 2.36. The number of rotatable bonds is 4. The van der Waals surface area contributed by atoms with E-state index in [0.29, 0.717) is 5.57 Å². The van der Waals surface area contributed by atoms with E-state index in [4.69, 9.17) is 4.74 Å². The quantitative estimate of drug-likeness (QED) is 0.260. The third kappa shape index (κ3) is 2.77. The average molecular weight is 280 g/mol. The molecule has 2 nitrogen and oxygen atoms in total. The normalized spacial score (nSPS) is 22.9. The van der Waals surface area contributed by atoms with Gasteiger partial charge in [0.05, 0.1) is 0 Å². The van der Waals surface area contributed by atoms with Gasteiger partial charge in [-0.25, -0.2) is 4.79 Å². The zero-order chi connectivity index (χ0) is 8.97. The zero-order valence-electron chi connectivity index (χ0n) is 7.01. The van der Waals surface area contributed by atoms with Crippen molar-refractivity contribution in [1.29, 1.82) is 0 Å². The van der Waals surface area contributed by atoms with Gasteiger partial charge in [0.25, 0.3) is 0 Å². The lowest BCUT2D eigenvalue weighted by Crippen LogP contribution is -2.06. The third-order valence-electron chi connectivity index (χ3n) is 1.95. The van der Waals surface area contributed by atoms with E-state index < -0.39 is 0 Å². The highest BCUT2D eigenvalue weighted by molar-refractivity contribution is 14.1. The summed E-state index contributed by atoms with van der Waals surface area (Å²) in [6, 6.07) is 0. The van der Waals surface area contributed by atoms with Gasteiger partial charge < -0.3 is 4.74 Å². The molecule has 68 valence electrons. The third-order valence-corrected chi connectivity index (χ3v) is 2.71. The SMILES string of the molecule is C=C1CC(CCCCI)OC1=O. The van der Waals surface area contributed by atoms with E-state index >= 15 is 0 Å². The summed E-state index contributed by atoms with van der Waals surface area (Å²) in [5.41, 5.74) is 0.634. The van der Waals surface area contributed by atoms with Gasteiger partial charge >= 0.3 is 5.97 Å². The zero-order valence-corrected chi connectivity index (χ0v) is 9.17. The molecule has 1 rings (SSSR count). The predicted octanol–water partition coefficient (Wildman–Crippen LogP) is 2.46. The maximum Gasteiger partial charge on any atom is 0.333 e. The molecule has 1 saturated heterocycles. The molecule has 0 aromatic heterocycles. The van der Waals surface area contributed by atoms with E-state index in [1.807, 2.05) is 0 Å². The van der Waals surface area contributed by atoms with Crippen molar-refractivity contribution in [2.24, 2.45) is 0 Å². The molecular formula is C9H13IO2. The fourth-order valence-electron chi connectivity index (χ4n) is 1.26. The molecule has 1 aliphatic heterocycles. The lowest BCUT2D eigenvalue weighted by atomic mass is 10.1. The highest BCUT2D eigenvalue weighted by Gasteiger charge is 2.26. The Hall–Kier alpha value is -0.0600. The van der Waals surface area contributed by atoms with Gasteiger partial charge in [-0.3, -0.25) is 0 Å². The second-order valence-corrected chi connectivity index (χ2v) is 4.10. The number of esters is 1. The number of ether oxygens (including phenoxy) is 1. The molecule has 3 heteroatoms. The lowest BCUT2D eigenvalue weighted by Gasteiger charge is -2.06. The van der Waals surface area contributed by atoms with Crippen LogP contribution >= 0.6 is 22.6 Å². The summed E-state index contributed by atoms with van der Waals surface area (Å²) in [4.78, 5) is 10.9. The maximum absolute atomic E-state index is 10.9. The van der Waals surface area contributed by atoms with Gasteiger partial charge in [0, 0.05) is 12.0 Å². The van der Waals surface area contributed by atoms with Crippen molar-refractivity contribution in [2.75, 3.05) is 4.43 Å². The number of carbonyl (C=O) groups excluding carboxylic acids is 1. The molecular weight excluding hydrogens is 267 g/mol. The summed E-state index contributed by atoms with van der Waals surface area (Å²) < 4.78 is 6.26.